The molecule has 0 fully saturated rings. The smallest absolute Gasteiger partial charge is 0.238 e. The molecule has 0 aliphatic rings. The molecule has 16 heavy (non-hydrogen) atoms. The lowest BCUT2D eigenvalue weighted by atomic mass is 10.2. The Kier molecular flexibility index (Phi) is 4.28. The molecule has 0 spiro atoms. The van der Waals surface area contributed by atoms with Gasteiger partial charge in [-0.15, -0.1) is 0 Å². The van der Waals surface area contributed by atoms with Gasteiger partial charge in [0.2, 0.25) is 10.0 Å². The Morgan fingerprint density at radius 3 is 2.62 bits per heavy atom. The number of benzene rings is 1. The minimum absolute atomic E-state index is 0.119. The highest BCUT2D eigenvalue weighted by Crippen LogP contribution is 2.19. The van der Waals surface area contributed by atoms with Crippen LogP contribution in [0.15, 0.2) is 23.1 Å². The average Bonchev–Trinajstić information content (AvgIpc) is 2.19. The predicted molar refractivity (Wildman–Crippen MR) is 64.7 cm³/mol. The summed E-state index contributed by atoms with van der Waals surface area (Å²) in [5, 5.41) is 8.18. The van der Waals surface area contributed by atoms with Gasteiger partial charge in [0.25, 0.3) is 0 Å². The van der Waals surface area contributed by atoms with Crippen molar-refractivity contribution in [2.24, 2.45) is 10.9 Å². The molecule has 1 rings (SSSR count). The maximum absolute atomic E-state index is 11.2. The maximum atomic E-state index is 11.2. The SMILES string of the molecule is Cc1ccc(S(N)(=O)=O)cc1NCCCN. The Labute approximate surface area is 95.9 Å². The van der Waals surface area contributed by atoms with Gasteiger partial charge in [-0.2, -0.15) is 0 Å². The highest BCUT2D eigenvalue weighted by Gasteiger charge is 2.09. The van der Waals surface area contributed by atoms with E-state index in [1.165, 1.54) is 6.07 Å². The van der Waals surface area contributed by atoms with Crippen molar-refractivity contribution in [2.45, 2.75) is 18.2 Å². The normalized spacial score (nSPS) is 11.4. The Morgan fingerprint density at radius 1 is 1.38 bits per heavy atom. The Hall–Kier alpha value is -1.11. The quantitative estimate of drug-likeness (QED) is 0.652. The van der Waals surface area contributed by atoms with E-state index < -0.39 is 10.0 Å². The first-order valence-corrected chi connectivity index (χ1v) is 6.57. The largest absolute Gasteiger partial charge is 0.385 e. The van der Waals surface area contributed by atoms with Crippen LogP contribution in [0.1, 0.15) is 12.0 Å². The van der Waals surface area contributed by atoms with Crippen LogP contribution in [0.3, 0.4) is 0 Å². The zero-order valence-electron chi connectivity index (χ0n) is 9.23. The van der Waals surface area contributed by atoms with Crippen LogP contribution >= 0.6 is 0 Å². The molecule has 0 saturated carbocycles. The Bertz CT molecular complexity index is 457. The molecule has 6 heteroatoms. The first kappa shape index (κ1) is 13.0. The van der Waals surface area contributed by atoms with E-state index in [1.54, 1.807) is 12.1 Å². The van der Waals surface area contributed by atoms with E-state index in [-0.39, 0.29) is 4.90 Å². The molecule has 0 saturated heterocycles. The van der Waals surface area contributed by atoms with Gasteiger partial charge in [-0.05, 0) is 37.6 Å². The van der Waals surface area contributed by atoms with Gasteiger partial charge in [0.1, 0.15) is 0 Å². The molecule has 0 heterocycles. The highest BCUT2D eigenvalue weighted by atomic mass is 32.2. The summed E-state index contributed by atoms with van der Waals surface area (Å²) in [6.45, 7) is 3.21. The molecule has 0 aromatic heterocycles. The standard InChI is InChI=1S/C10H17N3O2S/c1-8-3-4-9(16(12,14)15)7-10(8)13-6-2-5-11/h3-4,7,13H,2,5-6,11H2,1H3,(H2,12,14,15). The lowest BCUT2D eigenvalue weighted by molar-refractivity contribution is 0.598. The number of hydrogen-bond acceptors (Lipinski definition) is 4. The van der Waals surface area contributed by atoms with Crippen molar-refractivity contribution >= 4 is 15.7 Å². The Balaban J connectivity index is 2.91. The monoisotopic (exact) mass is 243 g/mol. The third-order valence-corrected chi connectivity index (χ3v) is 3.14. The number of aryl methyl sites for hydroxylation is 1. The van der Waals surface area contributed by atoms with Crippen LogP contribution in [0, 0.1) is 6.92 Å². The fourth-order valence-electron chi connectivity index (χ4n) is 1.29. The van der Waals surface area contributed by atoms with Crippen molar-refractivity contribution in [1.82, 2.24) is 0 Å². The van der Waals surface area contributed by atoms with Crippen molar-refractivity contribution in [3.63, 3.8) is 0 Å². The fourth-order valence-corrected chi connectivity index (χ4v) is 1.83. The van der Waals surface area contributed by atoms with E-state index in [0.29, 0.717) is 13.1 Å². The van der Waals surface area contributed by atoms with Gasteiger partial charge in [-0.3, -0.25) is 0 Å². The first-order valence-electron chi connectivity index (χ1n) is 5.02. The van der Waals surface area contributed by atoms with E-state index in [1.807, 2.05) is 6.92 Å². The molecule has 0 aliphatic carbocycles. The van der Waals surface area contributed by atoms with Gasteiger partial charge in [-0.25, -0.2) is 13.6 Å². The number of nitrogens with two attached hydrogens (primary N) is 2. The number of sulfonamides is 1. The topological polar surface area (TPSA) is 98.2 Å². The molecule has 0 amide bonds. The van der Waals surface area contributed by atoms with Crippen molar-refractivity contribution in [3.8, 4) is 0 Å². The summed E-state index contributed by atoms with van der Waals surface area (Å²) in [7, 11) is -3.64. The summed E-state index contributed by atoms with van der Waals surface area (Å²) in [5.41, 5.74) is 7.13. The Morgan fingerprint density at radius 2 is 2.06 bits per heavy atom. The zero-order chi connectivity index (χ0) is 12.2. The molecular formula is C10H17N3O2S. The molecule has 0 aliphatic heterocycles. The average molecular weight is 243 g/mol. The third kappa shape index (κ3) is 3.48. The van der Waals surface area contributed by atoms with Gasteiger partial charge in [0, 0.05) is 12.2 Å². The van der Waals surface area contributed by atoms with Crippen molar-refractivity contribution < 1.29 is 8.42 Å². The van der Waals surface area contributed by atoms with Crippen LogP contribution in [-0.4, -0.2) is 21.5 Å². The van der Waals surface area contributed by atoms with E-state index in [0.717, 1.165) is 17.7 Å². The summed E-state index contributed by atoms with van der Waals surface area (Å²) in [6, 6.07) is 4.77. The van der Waals surface area contributed by atoms with Crippen molar-refractivity contribution in [1.29, 1.82) is 0 Å². The molecule has 0 radical (unpaired) electrons. The van der Waals surface area contributed by atoms with Gasteiger partial charge in [-0.1, -0.05) is 6.07 Å². The zero-order valence-corrected chi connectivity index (χ0v) is 10.0. The molecule has 5 nitrogen and oxygen atoms in total. The van der Waals surface area contributed by atoms with Crippen LogP contribution in [0.2, 0.25) is 0 Å². The molecule has 0 unspecified atom stereocenters. The van der Waals surface area contributed by atoms with Gasteiger partial charge >= 0.3 is 0 Å². The van der Waals surface area contributed by atoms with Crippen LogP contribution in [-0.2, 0) is 10.0 Å². The molecule has 1 aromatic carbocycles. The molecule has 1 aromatic rings. The lowest BCUT2D eigenvalue weighted by Gasteiger charge is -2.10. The number of rotatable bonds is 5. The van der Waals surface area contributed by atoms with E-state index >= 15 is 0 Å². The minimum Gasteiger partial charge on any atom is -0.385 e. The number of hydrogen-bond donors (Lipinski definition) is 3. The van der Waals surface area contributed by atoms with E-state index in [4.69, 9.17) is 10.9 Å². The molecule has 5 N–H and O–H groups in total. The van der Waals surface area contributed by atoms with Crippen LogP contribution in [0.5, 0.6) is 0 Å². The first-order chi connectivity index (χ1) is 7.45. The van der Waals surface area contributed by atoms with Gasteiger partial charge < -0.3 is 11.1 Å². The molecular weight excluding hydrogens is 226 g/mol. The van der Waals surface area contributed by atoms with Gasteiger partial charge in [0.15, 0.2) is 0 Å². The second-order valence-corrected chi connectivity index (χ2v) is 5.15. The second kappa shape index (κ2) is 5.29. The molecule has 0 bridgehead atoms. The molecule has 0 atom stereocenters. The molecule has 90 valence electrons. The second-order valence-electron chi connectivity index (χ2n) is 3.59. The number of nitrogens with one attached hydrogen (secondary N) is 1. The summed E-state index contributed by atoms with van der Waals surface area (Å²) in [6.07, 6.45) is 0.832. The van der Waals surface area contributed by atoms with Crippen molar-refractivity contribution in [2.75, 3.05) is 18.4 Å². The number of anilines is 1. The highest BCUT2D eigenvalue weighted by molar-refractivity contribution is 7.89. The summed E-state index contributed by atoms with van der Waals surface area (Å²) >= 11 is 0. The predicted octanol–water partition coefficient (Wildman–Crippen LogP) is 0.403. The summed E-state index contributed by atoms with van der Waals surface area (Å²) in [4.78, 5) is 0.119. The maximum Gasteiger partial charge on any atom is 0.238 e. The van der Waals surface area contributed by atoms with E-state index in [2.05, 4.69) is 5.32 Å². The van der Waals surface area contributed by atoms with Crippen LogP contribution < -0.4 is 16.2 Å². The summed E-state index contributed by atoms with van der Waals surface area (Å²) < 4.78 is 22.3. The third-order valence-electron chi connectivity index (χ3n) is 2.23. The van der Waals surface area contributed by atoms with Crippen LogP contribution in [0.25, 0.3) is 0 Å². The minimum atomic E-state index is -3.64. The van der Waals surface area contributed by atoms with Gasteiger partial charge in [0.05, 0.1) is 4.90 Å². The number of primary sulfonamides is 1. The summed E-state index contributed by atoms with van der Waals surface area (Å²) in [5.74, 6) is 0. The van der Waals surface area contributed by atoms with Crippen LogP contribution in [0.4, 0.5) is 5.69 Å². The fraction of sp³-hybridized carbons (Fsp3) is 0.400. The van der Waals surface area contributed by atoms with E-state index in [9.17, 15) is 8.42 Å². The van der Waals surface area contributed by atoms with Crippen molar-refractivity contribution in [3.05, 3.63) is 23.8 Å². The lowest BCUT2D eigenvalue weighted by Crippen LogP contribution is -2.13.